The highest BCUT2D eigenvalue weighted by atomic mass is 16.5. The average Bonchev–Trinajstić information content (AvgIpc) is 3.11. The van der Waals surface area contributed by atoms with Gasteiger partial charge in [0.1, 0.15) is 12.1 Å². The van der Waals surface area contributed by atoms with Crippen LogP contribution in [0.3, 0.4) is 0 Å². The monoisotopic (exact) mass is 365 g/mol. The maximum Gasteiger partial charge on any atom is 0.256 e. The first-order chi connectivity index (χ1) is 13.2. The zero-order valence-electron chi connectivity index (χ0n) is 14.7. The van der Waals surface area contributed by atoms with Crippen LogP contribution < -0.4 is 5.32 Å². The summed E-state index contributed by atoms with van der Waals surface area (Å²) in [5.41, 5.74) is 2.47. The van der Waals surface area contributed by atoms with Crippen LogP contribution in [0.4, 0.5) is 5.69 Å². The standard InChI is InChI=1S/C19H19N5O3/c25-18(13-24-17-8-4-3-7-16(17)21-22-24)20-15-6-2-1-5-14(15)19(26)23-9-11-27-12-10-23/h1-8H,9-13H2,(H,20,25). The summed E-state index contributed by atoms with van der Waals surface area (Å²) in [7, 11) is 0. The van der Waals surface area contributed by atoms with E-state index >= 15 is 0 Å². The third kappa shape index (κ3) is 3.65. The van der Waals surface area contributed by atoms with Gasteiger partial charge in [0.15, 0.2) is 0 Å². The highest BCUT2D eigenvalue weighted by Gasteiger charge is 2.21. The SMILES string of the molecule is O=C(Cn1nnc2ccccc21)Nc1ccccc1C(=O)N1CCOCC1. The fourth-order valence-electron chi connectivity index (χ4n) is 3.08. The van der Waals surface area contributed by atoms with Gasteiger partial charge in [0.2, 0.25) is 5.91 Å². The number of nitrogens with one attached hydrogen (secondary N) is 1. The Morgan fingerprint density at radius 3 is 2.63 bits per heavy atom. The third-order valence-corrected chi connectivity index (χ3v) is 4.44. The predicted molar refractivity (Wildman–Crippen MR) is 99.3 cm³/mol. The van der Waals surface area contributed by atoms with Gasteiger partial charge in [0.25, 0.3) is 5.91 Å². The Morgan fingerprint density at radius 2 is 1.78 bits per heavy atom. The Bertz CT molecular complexity index is 978. The van der Waals surface area contributed by atoms with Crippen molar-refractivity contribution in [1.29, 1.82) is 0 Å². The van der Waals surface area contributed by atoms with E-state index in [1.807, 2.05) is 24.3 Å². The molecule has 1 N–H and O–H groups in total. The molecule has 8 nitrogen and oxygen atoms in total. The van der Waals surface area contributed by atoms with Gasteiger partial charge in [0, 0.05) is 13.1 Å². The molecule has 0 radical (unpaired) electrons. The molecule has 0 aliphatic carbocycles. The average molecular weight is 365 g/mol. The number of morpholine rings is 1. The molecule has 2 amide bonds. The minimum absolute atomic E-state index is 0.0145. The van der Waals surface area contributed by atoms with E-state index in [0.29, 0.717) is 37.6 Å². The van der Waals surface area contributed by atoms with E-state index in [0.717, 1.165) is 11.0 Å². The van der Waals surface area contributed by atoms with Crippen molar-refractivity contribution in [2.24, 2.45) is 0 Å². The zero-order valence-corrected chi connectivity index (χ0v) is 14.7. The summed E-state index contributed by atoms with van der Waals surface area (Å²) < 4.78 is 6.83. The summed E-state index contributed by atoms with van der Waals surface area (Å²) >= 11 is 0. The second kappa shape index (κ2) is 7.55. The zero-order chi connectivity index (χ0) is 18.6. The van der Waals surface area contributed by atoms with E-state index in [9.17, 15) is 9.59 Å². The van der Waals surface area contributed by atoms with Crippen molar-refractivity contribution < 1.29 is 14.3 Å². The fraction of sp³-hybridized carbons (Fsp3) is 0.263. The van der Waals surface area contributed by atoms with Gasteiger partial charge in [-0.25, -0.2) is 4.68 Å². The number of anilines is 1. The van der Waals surface area contributed by atoms with Crippen LogP contribution in [0.25, 0.3) is 11.0 Å². The summed E-state index contributed by atoms with van der Waals surface area (Å²) in [4.78, 5) is 27.1. The van der Waals surface area contributed by atoms with E-state index in [1.165, 1.54) is 4.68 Å². The van der Waals surface area contributed by atoms with Crippen molar-refractivity contribution in [1.82, 2.24) is 19.9 Å². The van der Waals surface area contributed by atoms with E-state index < -0.39 is 0 Å². The third-order valence-electron chi connectivity index (χ3n) is 4.44. The van der Waals surface area contributed by atoms with Crippen molar-refractivity contribution in [2.75, 3.05) is 31.6 Å². The Morgan fingerprint density at radius 1 is 1.04 bits per heavy atom. The minimum Gasteiger partial charge on any atom is -0.378 e. The first-order valence-electron chi connectivity index (χ1n) is 8.76. The number of benzene rings is 2. The van der Waals surface area contributed by atoms with Crippen LogP contribution in [0.1, 0.15) is 10.4 Å². The largest absolute Gasteiger partial charge is 0.378 e. The number of aromatic nitrogens is 3. The lowest BCUT2D eigenvalue weighted by molar-refractivity contribution is -0.116. The molecule has 27 heavy (non-hydrogen) atoms. The molecule has 0 unspecified atom stereocenters. The molecule has 1 fully saturated rings. The molecular formula is C19H19N5O3. The molecule has 1 aliphatic rings. The second-order valence-corrected chi connectivity index (χ2v) is 6.23. The quantitative estimate of drug-likeness (QED) is 0.758. The fourth-order valence-corrected chi connectivity index (χ4v) is 3.08. The van der Waals surface area contributed by atoms with Gasteiger partial charge >= 0.3 is 0 Å². The highest BCUT2D eigenvalue weighted by Crippen LogP contribution is 2.18. The topological polar surface area (TPSA) is 89.3 Å². The number of para-hydroxylation sites is 2. The lowest BCUT2D eigenvalue weighted by Crippen LogP contribution is -2.41. The molecule has 0 spiro atoms. The van der Waals surface area contributed by atoms with Crippen molar-refractivity contribution in [3.05, 3.63) is 54.1 Å². The number of carbonyl (C=O) groups excluding carboxylic acids is 2. The first-order valence-corrected chi connectivity index (χ1v) is 8.76. The van der Waals surface area contributed by atoms with E-state index in [1.54, 1.807) is 29.2 Å². The molecule has 1 aromatic heterocycles. The number of rotatable bonds is 4. The van der Waals surface area contributed by atoms with Gasteiger partial charge in [-0.05, 0) is 24.3 Å². The number of nitrogens with zero attached hydrogens (tertiary/aromatic N) is 4. The Kier molecular flexibility index (Phi) is 4.80. The first kappa shape index (κ1) is 17.2. The predicted octanol–water partition coefficient (Wildman–Crippen LogP) is 1.54. The number of amides is 2. The van der Waals surface area contributed by atoms with Gasteiger partial charge < -0.3 is 15.0 Å². The van der Waals surface area contributed by atoms with Crippen LogP contribution in [-0.2, 0) is 16.1 Å². The molecule has 0 bridgehead atoms. The molecule has 1 saturated heterocycles. The molecule has 138 valence electrons. The van der Waals surface area contributed by atoms with E-state index in [-0.39, 0.29) is 18.4 Å². The van der Waals surface area contributed by atoms with Crippen LogP contribution in [0.2, 0.25) is 0 Å². The highest BCUT2D eigenvalue weighted by molar-refractivity contribution is 6.03. The smallest absolute Gasteiger partial charge is 0.256 e. The van der Waals surface area contributed by atoms with E-state index in [4.69, 9.17) is 4.74 Å². The van der Waals surface area contributed by atoms with Crippen LogP contribution in [0.5, 0.6) is 0 Å². The second-order valence-electron chi connectivity index (χ2n) is 6.23. The van der Waals surface area contributed by atoms with E-state index in [2.05, 4.69) is 15.6 Å². The summed E-state index contributed by atoms with van der Waals surface area (Å²) in [6.07, 6.45) is 0. The van der Waals surface area contributed by atoms with Gasteiger partial charge in [-0.2, -0.15) is 0 Å². The van der Waals surface area contributed by atoms with Crippen molar-refractivity contribution in [3.8, 4) is 0 Å². The Balaban J connectivity index is 1.50. The number of carbonyl (C=O) groups is 2. The summed E-state index contributed by atoms with van der Waals surface area (Å²) in [6, 6.07) is 14.5. The molecule has 8 heteroatoms. The van der Waals surface area contributed by atoms with Crippen molar-refractivity contribution >= 4 is 28.5 Å². The van der Waals surface area contributed by atoms with Crippen LogP contribution in [0, 0.1) is 0 Å². The molecule has 2 heterocycles. The van der Waals surface area contributed by atoms with Gasteiger partial charge in [0.05, 0.1) is 30.0 Å². The molecule has 0 saturated carbocycles. The number of hydrogen-bond acceptors (Lipinski definition) is 5. The van der Waals surface area contributed by atoms with Gasteiger partial charge in [-0.15, -0.1) is 5.10 Å². The molecule has 0 atom stereocenters. The lowest BCUT2D eigenvalue weighted by atomic mass is 10.1. The Labute approximate surface area is 155 Å². The van der Waals surface area contributed by atoms with Crippen LogP contribution in [-0.4, -0.2) is 58.0 Å². The van der Waals surface area contributed by atoms with Crippen molar-refractivity contribution in [3.63, 3.8) is 0 Å². The maximum absolute atomic E-state index is 12.8. The van der Waals surface area contributed by atoms with Crippen LogP contribution in [0.15, 0.2) is 48.5 Å². The Hall–Kier alpha value is -3.26. The molecular weight excluding hydrogens is 346 g/mol. The lowest BCUT2D eigenvalue weighted by Gasteiger charge is -2.27. The number of ether oxygens (including phenoxy) is 1. The summed E-state index contributed by atoms with van der Waals surface area (Å²) in [5.74, 6) is -0.381. The minimum atomic E-state index is -0.270. The van der Waals surface area contributed by atoms with Crippen LogP contribution >= 0.6 is 0 Å². The molecule has 1 aliphatic heterocycles. The molecule has 4 rings (SSSR count). The molecule has 2 aromatic carbocycles. The maximum atomic E-state index is 12.8. The van der Waals surface area contributed by atoms with Gasteiger partial charge in [-0.3, -0.25) is 9.59 Å². The number of fused-ring (bicyclic) bond motifs is 1. The number of hydrogen-bond donors (Lipinski definition) is 1. The van der Waals surface area contributed by atoms with Crippen molar-refractivity contribution in [2.45, 2.75) is 6.54 Å². The van der Waals surface area contributed by atoms with Gasteiger partial charge in [-0.1, -0.05) is 29.5 Å². The molecule has 3 aromatic rings. The summed E-state index contributed by atoms with van der Waals surface area (Å²) in [5, 5.41) is 10.9. The summed E-state index contributed by atoms with van der Waals surface area (Å²) in [6.45, 7) is 2.16. The normalized spacial score (nSPS) is 14.3.